The van der Waals surface area contributed by atoms with E-state index in [1.54, 1.807) is 49.4 Å². The minimum absolute atomic E-state index is 0.00527. The Balaban J connectivity index is 1.81. The predicted octanol–water partition coefficient (Wildman–Crippen LogP) is 5.59. The van der Waals surface area contributed by atoms with Crippen molar-refractivity contribution in [3.8, 4) is 11.5 Å². The number of hydrogen-bond acceptors (Lipinski definition) is 5. The molecule has 0 fully saturated rings. The topological polar surface area (TPSA) is 61.8 Å². The number of hydrogen-bond donors (Lipinski definition) is 0. The monoisotopic (exact) mass is 436 g/mol. The summed E-state index contributed by atoms with van der Waals surface area (Å²) in [7, 11) is 0. The number of benzene rings is 2. The average Bonchev–Trinajstić information content (AvgIpc) is 2.73. The van der Waals surface area contributed by atoms with E-state index in [1.165, 1.54) is 18.2 Å². The molecule has 0 aliphatic carbocycles. The second kappa shape index (κ2) is 11.8. The van der Waals surface area contributed by atoms with E-state index < -0.39 is 24.5 Å². The van der Waals surface area contributed by atoms with Crippen LogP contribution in [0.3, 0.4) is 0 Å². The molecule has 166 valence electrons. The molecule has 0 N–H and O–H groups in total. The summed E-state index contributed by atoms with van der Waals surface area (Å²) in [5, 5.41) is 0. The Bertz CT molecular complexity index is 872. The van der Waals surface area contributed by atoms with Crippen LogP contribution < -0.4 is 9.47 Å². The zero-order chi connectivity index (χ0) is 22.7. The first-order valence-electron chi connectivity index (χ1n) is 9.73. The first kappa shape index (κ1) is 24.0. The van der Waals surface area contributed by atoms with Crippen molar-refractivity contribution in [3.63, 3.8) is 0 Å². The van der Waals surface area contributed by atoms with Gasteiger partial charge in [0.15, 0.2) is 0 Å². The fraction of sp³-hybridized carbons (Fsp3) is 0.304. The molecule has 0 aliphatic heterocycles. The van der Waals surface area contributed by atoms with Crippen molar-refractivity contribution in [2.75, 3.05) is 13.2 Å². The molecule has 0 amide bonds. The molecule has 2 rings (SSSR count). The number of halogens is 3. The molecule has 2 aromatic carbocycles. The summed E-state index contributed by atoms with van der Waals surface area (Å²) in [6, 6.07) is 12.7. The molecule has 0 aliphatic rings. The highest BCUT2D eigenvalue weighted by Crippen LogP contribution is 2.22. The van der Waals surface area contributed by atoms with Gasteiger partial charge in [-0.1, -0.05) is 12.1 Å². The summed E-state index contributed by atoms with van der Waals surface area (Å²) in [4.78, 5) is 23.6. The summed E-state index contributed by atoms with van der Waals surface area (Å²) in [6.45, 7) is 2.18. The van der Waals surface area contributed by atoms with E-state index in [2.05, 4.69) is 0 Å². The Morgan fingerprint density at radius 1 is 0.935 bits per heavy atom. The van der Waals surface area contributed by atoms with Gasteiger partial charge < -0.3 is 14.2 Å². The van der Waals surface area contributed by atoms with Gasteiger partial charge in [-0.15, -0.1) is 0 Å². The Kier molecular flexibility index (Phi) is 9.12. The van der Waals surface area contributed by atoms with Gasteiger partial charge in [-0.2, -0.15) is 13.2 Å². The maximum atomic E-state index is 12.2. The fourth-order valence-electron chi connectivity index (χ4n) is 2.47. The summed E-state index contributed by atoms with van der Waals surface area (Å²) >= 11 is 0. The molecule has 0 aromatic heterocycles. The average molecular weight is 436 g/mol. The predicted molar refractivity (Wildman–Crippen MR) is 109 cm³/mol. The number of unbranched alkanes of at least 4 members (excludes halogenated alkanes) is 1. The number of esters is 2. The van der Waals surface area contributed by atoms with Crippen LogP contribution in [-0.2, 0) is 9.53 Å². The van der Waals surface area contributed by atoms with Crippen molar-refractivity contribution >= 4 is 18.0 Å². The third-order valence-corrected chi connectivity index (χ3v) is 4.00. The molecule has 0 saturated heterocycles. The molecule has 5 nitrogen and oxygen atoms in total. The molecule has 8 heteroatoms. The summed E-state index contributed by atoms with van der Waals surface area (Å²) in [5.74, 6) is -0.206. The normalized spacial score (nSPS) is 11.4. The lowest BCUT2D eigenvalue weighted by molar-refractivity contribution is -0.137. The van der Waals surface area contributed by atoms with Crippen molar-refractivity contribution in [1.82, 2.24) is 0 Å². The van der Waals surface area contributed by atoms with Gasteiger partial charge >= 0.3 is 18.1 Å². The third-order valence-electron chi connectivity index (χ3n) is 4.00. The van der Waals surface area contributed by atoms with Crippen molar-refractivity contribution in [1.29, 1.82) is 0 Å². The highest BCUT2D eigenvalue weighted by atomic mass is 19.4. The number of alkyl halides is 3. The lowest BCUT2D eigenvalue weighted by Crippen LogP contribution is -2.09. The third kappa shape index (κ3) is 9.37. The van der Waals surface area contributed by atoms with Gasteiger partial charge in [-0.3, -0.25) is 0 Å². The Hall–Kier alpha value is -3.29. The second-order valence-corrected chi connectivity index (χ2v) is 6.49. The summed E-state index contributed by atoms with van der Waals surface area (Å²) in [5.41, 5.74) is 1.04. The van der Waals surface area contributed by atoms with E-state index >= 15 is 0 Å². The quantitative estimate of drug-likeness (QED) is 0.210. The molecule has 0 atom stereocenters. The smallest absolute Gasteiger partial charge is 0.389 e. The van der Waals surface area contributed by atoms with Crippen LogP contribution in [0.2, 0.25) is 0 Å². The van der Waals surface area contributed by atoms with E-state index in [9.17, 15) is 22.8 Å². The minimum Gasteiger partial charge on any atom is -0.494 e. The Morgan fingerprint density at radius 3 is 2.19 bits per heavy atom. The van der Waals surface area contributed by atoms with Crippen LogP contribution >= 0.6 is 0 Å². The molecule has 0 radical (unpaired) electrons. The van der Waals surface area contributed by atoms with Crippen LogP contribution in [-0.4, -0.2) is 31.3 Å². The van der Waals surface area contributed by atoms with Crippen molar-refractivity contribution in [2.45, 2.75) is 32.4 Å². The number of carbonyl (C=O) groups excluding carboxylic acids is 2. The molecule has 0 bridgehead atoms. The maximum absolute atomic E-state index is 12.2. The van der Waals surface area contributed by atoms with E-state index in [4.69, 9.17) is 14.2 Å². The lowest BCUT2D eigenvalue weighted by atomic mass is 10.2. The SMILES string of the molecule is CCOC(=O)/C=C/c1ccc(OC(=O)c2ccc(OCCCCC(F)(F)F)cc2)cc1. The molecule has 0 saturated carbocycles. The summed E-state index contributed by atoms with van der Waals surface area (Å²) in [6.07, 6.45) is -1.79. The molecular formula is C23H23F3O5. The van der Waals surface area contributed by atoms with Crippen LogP contribution in [0.4, 0.5) is 13.2 Å². The first-order chi connectivity index (χ1) is 14.8. The molecule has 0 spiro atoms. The van der Waals surface area contributed by atoms with Crippen LogP contribution in [0.5, 0.6) is 11.5 Å². The molecular weight excluding hydrogens is 413 g/mol. The van der Waals surface area contributed by atoms with Crippen LogP contribution in [0.1, 0.15) is 42.1 Å². The van der Waals surface area contributed by atoms with Gasteiger partial charge in [0.1, 0.15) is 11.5 Å². The zero-order valence-corrected chi connectivity index (χ0v) is 17.0. The van der Waals surface area contributed by atoms with Gasteiger partial charge in [-0.05, 0) is 67.8 Å². The van der Waals surface area contributed by atoms with E-state index in [0.717, 1.165) is 5.56 Å². The molecule has 31 heavy (non-hydrogen) atoms. The fourth-order valence-corrected chi connectivity index (χ4v) is 2.47. The maximum Gasteiger partial charge on any atom is 0.389 e. The van der Waals surface area contributed by atoms with Crippen LogP contribution in [0.25, 0.3) is 6.08 Å². The second-order valence-electron chi connectivity index (χ2n) is 6.49. The van der Waals surface area contributed by atoms with Crippen molar-refractivity contribution < 1.29 is 37.0 Å². The molecule has 0 heterocycles. The summed E-state index contributed by atoms with van der Waals surface area (Å²) < 4.78 is 51.7. The van der Waals surface area contributed by atoms with Crippen molar-refractivity contribution in [3.05, 3.63) is 65.7 Å². The Labute approximate surface area is 178 Å². The number of ether oxygens (including phenoxy) is 3. The van der Waals surface area contributed by atoms with Crippen LogP contribution in [0, 0.1) is 0 Å². The van der Waals surface area contributed by atoms with Gasteiger partial charge in [0.05, 0.1) is 18.8 Å². The number of carbonyl (C=O) groups is 2. The Morgan fingerprint density at radius 2 is 1.58 bits per heavy atom. The number of rotatable bonds is 10. The molecule has 2 aromatic rings. The molecule has 0 unspecified atom stereocenters. The van der Waals surface area contributed by atoms with Gasteiger partial charge in [0, 0.05) is 12.5 Å². The van der Waals surface area contributed by atoms with E-state index in [0.29, 0.717) is 23.7 Å². The van der Waals surface area contributed by atoms with Gasteiger partial charge in [0.2, 0.25) is 0 Å². The van der Waals surface area contributed by atoms with Gasteiger partial charge in [-0.25, -0.2) is 9.59 Å². The van der Waals surface area contributed by atoms with Crippen LogP contribution in [0.15, 0.2) is 54.6 Å². The zero-order valence-electron chi connectivity index (χ0n) is 17.0. The highest BCUT2D eigenvalue weighted by Gasteiger charge is 2.25. The standard InChI is InChI=1S/C23H23F3O5/c1-2-29-21(27)14-7-17-5-10-20(11-6-17)31-22(28)18-8-12-19(13-9-18)30-16-4-3-15-23(24,25)26/h5-14H,2-4,15-16H2,1H3/b14-7+. The van der Waals surface area contributed by atoms with E-state index in [-0.39, 0.29) is 19.4 Å². The highest BCUT2D eigenvalue weighted by molar-refractivity contribution is 5.91. The van der Waals surface area contributed by atoms with Gasteiger partial charge in [0.25, 0.3) is 0 Å². The first-order valence-corrected chi connectivity index (χ1v) is 9.73. The largest absolute Gasteiger partial charge is 0.494 e. The van der Waals surface area contributed by atoms with Crippen molar-refractivity contribution in [2.24, 2.45) is 0 Å². The van der Waals surface area contributed by atoms with E-state index in [1.807, 2.05) is 0 Å². The lowest BCUT2D eigenvalue weighted by Gasteiger charge is -2.09. The minimum atomic E-state index is -4.15.